The van der Waals surface area contributed by atoms with Crippen LogP contribution in [0.2, 0.25) is 0 Å². The molecule has 1 aliphatic rings. The summed E-state index contributed by atoms with van der Waals surface area (Å²) < 4.78 is 5.81. The molecule has 3 unspecified atom stereocenters. The van der Waals surface area contributed by atoms with Crippen LogP contribution in [0.25, 0.3) is 0 Å². The summed E-state index contributed by atoms with van der Waals surface area (Å²) in [5, 5.41) is 0. The van der Waals surface area contributed by atoms with Gasteiger partial charge in [0.2, 0.25) is 0 Å². The number of hydrogen-bond acceptors (Lipinski definition) is 1. The van der Waals surface area contributed by atoms with Crippen molar-refractivity contribution in [3.8, 4) is 0 Å². The molecule has 1 fully saturated rings. The summed E-state index contributed by atoms with van der Waals surface area (Å²) in [6.07, 6.45) is 4.41. The summed E-state index contributed by atoms with van der Waals surface area (Å²) in [4.78, 5) is 0. The maximum atomic E-state index is 5.81. The quantitative estimate of drug-likeness (QED) is 0.635. The molecule has 0 N–H and O–H groups in total. The minimum Gasteiger partial charge on any atom is -0.378 e. The van der Waals surface area contributed by atoms with Crippen molar-refractivity contribution < 1.29 is 4.74 Å². The van der Waals surface area contributed by atoms with E-state index in [1.807, 2.05) is 0 Å². The van der Waals surface area contributed by atoms with E-state index in [4.69, 9.17) is 4.74 Å². The van der Waals surface area contributed by atoms with E-state index < -0.39 is 0 Å². The van der Waals surface area contributed by atoms with Crippen molar-refractivity contribution in [3.63, 3.8) is 0 Å². The average Bonchev–Trinajstić information content (AvgIpc) is 2.03. The Morgan fingerprint density at radius 1 is 1.23 bits per heavy atom. The molecule has 1 heteroatoms. The van der Waals surface area contributed by atoms with E-state index in [0.29, 0.717) is 6.10 Å². The summed E-state index contributed by atoms with van der Waals surface area (Å²) in [6, 6.07) is 0. The van der Waals surface area contributed by atoms with Crippen LogP contribution in [-0.2, 0) is 4.74 Å². The molecule has 0 radical (unpaired) electrons. The van der Waals surface area contributed by atoms with E-state index in [-0.39, 0.29) is 0 Å². The molecule has 0 saturated heterocycles. The first kappa shape index (κ1) is 11.0. The standard InChI is InChI=1S/C12H24O/c1-5-8-13-12-7-6-11(12)10(4)9(2)3/h9-12H,5-8H2,1-4H3. The van der Waals surface area contributed by atoms with E-state index in [2.05, 4.69) is 27.7 Å². The van der Waals surface area contributed by atoms with Gasteiger partial charge in [-0.2, -0.15) is 0 Å². The molecular weight excluding hydrogens is 160 g/mol. The number of hydrogen-bond donors (Lipinski definition) is 0. The molecule has 0 bridgehead atoms. The predicted molar refractivity (Wildman–Crippen MR) is 56.8 cm³/mol. The minimum absolute atomic E-state index is 0.581. The topological polar surface area (TPSA) is 9.23 Å². The fourth-order valence-corrected chi connectivity index (χ4v) is 2.07. The lowest BCUT2D eigenvalue weighted by Crippen LogP contribution is -2.40. The summed E-state index contributed by atoms with van der Waals surface area (Å²) >= 11 is 0. The summed E-state index contributed by atoms with van der Waals surface area (Å²) in [5.41, 5.74) is 0. The van der Waals surface area contributed by atoms with E-state index >= 15 is 0 Å². The van der Waals surface area contributed by atoms with Gasteiger partial charge in [0.1, 0.15) is 0 Å². The van der Waals surface area contributed by atoms with Gasteiger partial charge >= 0.3 is 0 Å². The summed E-state index contributed by atoms with van der Waals surface area (Å²) in [7, 11) is 0. The van der Waals surface area contributed by atoms with Crippen LogP contribution < -0.4 is 0 Å². The summed E-state index contributed by atoms with van der Waals surface area (Å²) in [6.45, 7) is 10.1. The molecule has 0 spiro atoms. The molecule has 0 aliphatic heterocycles. The van der Waals surface area contributed by atoms with Crippen molar-refractivity contribution in [3.05, 3.63) is 0 Å². The van der Waals surface area contributed by atoms with Gasteiger partial charge in [-0.1, -0.05) is 27.7 Å². The zero-order valence-corrected chi connectivity index (χ0v) is 9.55. The number of rotatable bonds is 5. The van der Waals surface area contributed by atoms with Crippen molar-refractivity contribution in [2.45, 2.75) is 53.1 Å². The van der Waals surface area contributed by atoms with Gasteiger partial charge in [-0.05, 0) is 37.0 Å². The molecule has 78 valence electrons. The van der Waals surface area contributed by atoms with Gasteiger partial charge in [0.15, 0.2) is 0 Å². The fourth-order valence-electron chi connectivity index (χ4n) is 2.07. The van der Waals surface area contributed by atoms with Crippen molar-refractivity contribution >= 4 is 0 Å². The fraction of sp³-hybridized carbons (Fsp3) is 1.00. The Hall–Kier alpha value is -0.0400. The lowest BCUT2D eigenvalue weighted by atomic mass is 9.70. The highest BCUT2D eigenvalue weighted by atomic mass is 16.5. The van der Waals surface area contributed by atoms with Crippen LogP contribution in [0.15, 0.2) is 0 Å². The largest absolute Gasteiger partial charge is 0.378 e. The van der Waals surface area contributed by atoms with Crippen LogP contribution in [0.5, 0.6) is 0 Å². The smallest absolute Gasteiger partial charge is 0.0606 e. The highest BCUT2D eigenvalue weighted by Crippen LogP contribution is 2.39. The molecule has 3 atom stereocenters. The Kier molecular flexibility index (Phi) is 4.24. The van der Waals surface area contributed by atoms with Gasteiger partial charge in [0.05, 0.1) is 6.10 Å². The van der Waals surface area contributed by atoms with Gasteiger partial charge in [0, 0.05) is 6.61 Å². The van der Waals surface area contributed by atoms with Gasteiger partial charge < -0.3 is 4.74 Å². The van der Waals surface area contributed by atoms with Crippen molar-refractivity contribution in [2.75, 3.05) is 6.61 Å². The molecule has 0 aromatic carbocycles. The highest BCUT2D eigenvalue weighted by Gasteiger charge is 2.36. The lowest BCUT2D eigenvalue weighted by molar-refractivity contribution is -0.0724. The maximum absolute atomic E-state index is 5.81. The monoisotopic (exact) mass is 184 g/mol. The molecule has 0 aromatic heterocycles. The van der Waals surface area contributed by atoms with Crippen LogP contribution in [-0.4, -0.2) is 12.7 Å². The predicted octanol–water partition coefficient (Wildman–Crippen LogP) is 3.48. The molecule has 1 rings (SSSR count). The molecule has 1 nitrogen and oxygen atoms in total. The van der Waals surface area contributed by atoms with Crippen molar-refractivity contribution in [1.29, 1.82) is 0 Å². The van der Waals surface area contributed by atoms with E-state index in [1.54, 1.807) is 0 Å². The zero-order chi connectivity index (χ0) is 9.84. The summed E-state index contributed by atoms with van der Waals surface area (Å²) in [5.74, 6) is 2.47. The van der Waals surface area contributed by atoms with Crippen LogP contribution >= 0.6 is 0 Å². The second-order valence-electron chi connectivity index (χ2n) is 4.75. The van der Waals surface area contributed by atoms with Crippen LogP contribution in [0, 0.1) is 17.8 Å². The van der Waals surface area contributed by atoms with Crippen molar-refractivity contribution in [1.82, 2.24) is 0 Å². The molecular formula is C12H24O. The van der Waals surface area contributed by atoms with Gasteiger partial charge in [0.25, 0.3) is 0 Å². The molecule has 0 aromatic rings. The van der Waals surface area contributed by atoms with E-state index in [1.165, 1.54) is 12.8 Å². The van der Waals surface area contributed by atoms with Crippen molar-refractivity contribution in [2.24, 2.45) is 17.8 Å². The molecule has 1 saturated carbocycles. The Labute approximate surface area is 82.9 Å². The third-order valence-electron chi connectivity index (χ3n) is 3.53. The van der Waals surface area contributed by atoms with Gasteiger partial charge in [-0.15, -0.1) is 0 Å². The SMILES string of the molecule is CCCOC1CCC1C(C)C(C)C. The third kappa shape index (κ3) is 2.70. The van der Waals surface area contributed by atoms with Crippen LogP contribution in [0.1, 0.15) is 47.0 Å². The first-order valence-corrected chi connectivity index (χ1v) is 5.78. The van der Waals surface area contributed by atoms with E-state index in [9.17, 15) is 0 Å². The highest BCUT2D eigenvalue weighted by molar-refractivity contribution is 4.86. The van der Waals surface area contributed by atoms with Gasteiger partial charge in [-0.3, -0.25) is 0 Å². The lowest BCUT2D eigenvalue weighted by Gasteiger charge is -2.42. The Bertz CT molecular complexity index is 142. The average molecular weight is 184 g/mol. The Morgan fingerprint density at radius 2 is 1.92 bits per heavy atom. The van der Waals surface area contributed by atoms with E-state index in [0.717, 1.165) is 30.8 Å². The Morgan fingerprint density at radius 3 is 2.31 bits per heavy atom. The normalized spacial score (nSPS) is 30.2. The molecule has 13 heavy (non-hydrogen) atoms. The third-order valence-corrected chi connectivity index (χ3v) is 3.53. The van der Waals surface area contributed by atoms with Crippen LogP contribution in [0.3, 0.4) is 0 Å². The second-order valence-corrected chi connectivity index (χ2v) is 4.75. The first-order chi connectivity index (χ1) is 6.16. The van der Waals surface area contributed by atoms with Crippen LogP contribution in [0.4, 0.5) is 0 Å². The second kappa shape index (κ2) is 4.99. The Balaban J connectivity index is 2.27. The maximum Gasteiger partial charge on any atom is 0.0606 e. The first-order valence-electron chi connectivity index (χ1n) is 5.78. The molecule has 1 aliphatic carbocycles. The molecule has 0 amide bonds. The van der Waals surface area contributed by atoms with Gasteiger partial charge in [-0.25, -0.2) is 0 Å². The molecule has 0 heterocycles. The number of ether oxygens (including phenoxy) is 1. The zero-order valence-electron chi connectivity index (χ0n) is 9.55. The minimum atomic E-state index is 0.581.